The predicted molar refractivity (Wildman–Crippen MR) is 48.9 cm³/mol. The first kappa shape index (κ1) is 9.52. The van der Waals surface area contributed by atoms with Crippen LogP contribution in [0, 0.1) is 5.92 Å². The van der Waals surface area contributed by atoms with Gasteiger partial charge in [0.1, 0.15) is 0 Å². The van der Waals surface area contributed by atoms with Crippen molar-refractivity contribution in [1.82, 2.24) is 10.2 Å². The van der Waals surface area contributed by atoms with Crippen molar-refractivity contribution >= 4 is 5.91 Å². The number of carbonyl (C=O) groups is 1. The van der Waals surface area contributed by atoms with Crippen molar-refractivity contribution in [2.24, 2.45) is 5.92 Å². The third-order valence-corrected chi connectivity index (χ3v) is 2.35. The molecule has 1 aliphatic heterocycles. The fourth-order valence-corrected chi connectivity index (χ4v) is 1.70. The number of nitrogens with one attached hydrogen (secondary N) is 1. The van der Waals surface area contributed by atoms with Crippen molar-refractivity contribution in [2.75, 3.05) is 26.7 Å². The number of hydrogen-bond donors (Lipinski definition) is 1. The summed E-state index contributed by atoms with van der Waals surface area (Å²) in [7, 11) is 2.07. The zero-order valence-electron chi connectivity index (χ0n) is 7.97. The van der Waals surface area contributed by atoms with Gasteiger partial charge in [-0.3, -0.25) is 4.79 Å². The van der Waals surface area contributed by atoms with E-state index in [4.69, 9.17) is 0 Å². The average molecular weight is 170 g/mol. The van der Waals surface area contributed by atoms with Crippen LogP contribution in [0.1, 0.15) is 19.8 Å². The Balaban J connectivity index is 2.35. The molecule has 0 unspecified atom stereocenters. The fourth-order valence-electron chi connectivity index (χ4n) is 1.70. The summed E-state index contributed by atoms with van der Waals surface area (Å²) in [5.41, 5.74) is 0. The number of amides is 1. The summed E-state index contributed by atoms with van der Waals surface area (Å²) >= 11 is 0. The van der Waals surface area contributed by atoms with Gasteiger partial charge in [0.05, 0.1) is 5.92 Å². The highest BCUT2D eigenvalue weighted by Crippen LogP contribution is 2.14. The van der Waals surface area contributed by atoms with Crippen LogP contribution >= 0.6 is 0 Å². The lowest BCUT2D eigenvalue weighted by molar-refractivity contribution is -0.126. The van der Waals surface area contributed by atoms with E-state index in [0.29, 0.717) is 0 Å². The van der Waals surface area contributed by atoms with Crippen molar-refractivity contribution in [1.29, 1.82) is 0 Å². The summed E-state index contributed by atoms with van der Waals surface area (Å²) in [5, 5.41) is 2.87. The van der Waals surface area contributed by atoms with E-state index in [1.54, 1.807) is 0 Å². The van der Waals surface area contributed by atoms with Gasteiger partial charge in [-0.25, -0.2) is 0 Å². The number of carbonyl (C=O) groups excluding carboxylic acids is 1. The summed E-state index contributed by atoms with van der Waals surface area (Å²) < 4.78 is 0. The molecule has 1 N–H and O–H groups in total. The Morgan fingerprint density at radius 3 is 3.00 bits per heavy atom. The van der Waals surface area contributed by atoms with Crippen molar-refractivity contribution in [2.45, 2.75) is 19.8 Å². The molecule has 3 nitrogen and oxygen atoms in total. The summed E-state index contributed by atoms with van der Waals surface area (Å²) in [6.07, 6.45) is 2.20. The van der Waals surface area contributed by atoms with Crippen LogP contribution in [0.15, 0.2) is 0 Å². The molecular formula is C9H18N2O. The molecule has 0 aromatic heterocycles. The summed E-state index contributed by atoms with van der Waals surface area (Å²) in [6.45, 7) is 4.77. The molecule has 1 fully saturated rings. The molecule has 12 heavy (non-hydrogen) atoms. The molecule has 1 saturated heterocycles. The Labute approximate surface area is 74.1 Å². The quantitative estimate of drug-likeness (QED) is 0.653. The zero-order chi connectivity index (χ0) is 8.97. The second-order valence-electron chi connectivity index (χ2n) is 3.50. The second kappa shape index (κ2) is 4.45. The highest BCUT2D eigenvalue weighted by Gasteiger charge is 2.22. The maximum Gasteiger partial charge on any atom is 0.224 e. The summed E-state index contributed by atoms with van der Waals surface area (Å²) in [4.78, 5) is 13.6. The van der Waals surface area contributed by atoms with Gasteiger partial charge in [-0.2, -0.15) is 0 Å². The highest BCUT2D eigenvalue weighted by molar-refractivity contribution is 5.78. The lowest BCUT2D eigenvalue weighted by Gasteiger charge is -2.28. The van der Waals surface area contributed by atoms with Gasteiger partial charge in [0.15, 0.2) is 0 Å². The normalized spacial score (nSPS) is 25.3. The number of piperidine rings is 1. The van der Waals surface area contributed by atoms with E-state index in [0.717, 1.165) is 32.5 Å². The summed E-state index contributed by atoms with van der Waals surface area (Å²) in [6, 6.07) is 0. The molecule has 1 atom stereocenters. The van der Waals surface area contributed by atoms with Gasteiger partial charge < -0.3 is 10.2 Å². The third kappa shape index (κ3) is 2.48. The van der Waals surface area contributed by atoms with Crippen molar-refractivity contribution in [3.8, 4) is 0 Å². The number of rotatable bonds is 2. The van der Waals surface area contributed by atoms with Gasteiger partial charge in [0, 0.05) is 13.1 Å². The van der Waals surface area contributed by atoms with Crippen LogP contribution in [0.25, 0.3) is 0 Å². The van der Waals surface area contributed by atoms with E-state index in [1.807, 2.05) is 6.92 Å². The van der Waals surface area contributed by atoms with Crippen LogP contribution in [0.5, 0.6) is 0 Å². The zero-order valence-corrected chi connectivity index (χ0v) is 7.97. The molecule has 3 heteroatoms. The molecular weight excluding hydrogens is 152 g/mol. The molecule has 1 aliphatic rings. The molecule has 1 amide bonds. The Bertz CT molecular complexity index is 159. The Morgan fingerprint density at radius 1 is 1.67 bits per heavy atom. The van der Waals surface area contributed by atoms with Crippen LogP contribution in [0.2, 0.25) is 0 Å². The first-order chi connectivity index (χ1) is 5.74. The van der Waals surface area contributed by atoms with E-state index in [2.05, 4.69) is 17.3 Å². The SMILES string of the molecule is CCNC(=O)[C@H]1CCCN(C)C1. The van der Waals surface area contributed by atoms with Gasteiger partial charge in [0.2, 0.25) is 5.91 Å². The molecule has 0 aliphatic carbocycles. The predicted octanol–water partition coefficient (Wildman–Crippen LogP) is 0.464. The molecule has 0 aromatic carbocycles. The van der Waals surface area contributed by atoms with Gasteiger partial charge in [-0.1, -0.05) is 0 Å². The van der Waals surface area contributed by atoms with E-state index in [-0.39, 0.29) is 11.8 Å². The maximum absolute atomic E-state index is 11.4. The van der Waals surface area contributed by atoms with E-state index < -0.39 is 0 Å². The minimum atomic E-state index is 0.226. The summed E-state index contributed by atoms with van der Waals surface area (Å²) in [5.74, 6) is 0.452. The average Bonchev–Trinajstić information content (AvgIpc) is 2.05. The minimum Gasteiger partial charge on any atom is -0.356 e. The van der Waals surface area contributed by atoms with Crippen LogP contribution in [-0.2, 0) is 4.79 Å². The lowest BCUT2D eigenvalue weighted by Crippen LogP contribution is -2.41. The molecule has 0 spiro atoms. The van der Waals surface area contributed by atoms with Crippen LogP contribution in [0.3, 0.4) is 0 Å². The minimum absolute atomic E-state index is 0.226. The van der Waals surface area contributed by atoms with Crippen molar-refractivity contribution in [3.63, 3.8) is 0 Å². The molecule has 1 heterocycles. The van der Waals surface area contributed by atoms with E-state index >= 15 is 0 Å². The second-order valence-corrected chi connectivity index (χ2v) is 3.50. The monoisotopic (exact) mass is 170 g/mol. The van der Waals surface area contributed by atoms with E-state index in [9.17, 15) is 4.79 Å². The number of nitrogens with zero attached hydrogens (tertiary/aromatic N) is 1. The standard InChI is InChI=1S/C9H18N2O/c1-3-10-9(12)8-5-4-6-11(2)7-8/h8H,3-7H2,1-2H3,(H,10,12)/t8-/m0/s1. The number of hydrogen-bond acceptors (Lipinski definition) is 2. The van der Waals surface area contributed by atoms with Crippen LogP contribution in [-0.4, -0.2) is 37.5 Å². The Hall–Kier alpha value is -0.570. The van der Waals surface area contributed by atoms with Gasteiger partial charge in [0.25, 0.3) is 0 Å². The molecule has 0 saturated carbocycles. The number of likely N-dealkylation sites (tertiary alicyclic amines) is 1. The van der Waals surface area contributed by atoms with Gasteiger partial charge in [-0.05, 0) is 33.4 Å². The Morgan fingerprint density at radius 2 is 2.42 bits per heavy atom. The molecule has 70 valence electrons. The first-order valence-corrected chi connectivity index (χ1v) is 4.70. The van der Waals surface area contributed by atoms with Gasteiger partial charge in [-0.15, -0.1) is 0 Å². The van der Waals surface area contributed by atoms with E-state index in [1.165, 1.54) is 0 Å². The van der Waals surface area contributed by atoms with Crippen LogP contribution < -0.4 is 5.32 Å². The molecule has 0 radical (unpaired) electrons. The van der Waals surface area contributed by atoms with Crippen LogP contribution in [0.4, 0.5) is 0 Å². The third-order valence-electron chi connectivity index (χ3n) is 2.35. The molecule has 0 bridgehead atoms. The van der Waals surface area contributed by atoms with Crippen molar-refractivity contribution in [3.05, 3.63) is 0 Å². The topological polar surface area (TPSA) is 32.3 Å². The molecule has 1 rings (SSSR count). The maximum atomic E-state index is 11.4. The van der Waals surface area contributed by atoms with Crippen molar-refractivity contribution < 1.29 is 4.79 Å². The smallest absolute Gasteiger partial charge is 0.224 e. The van der Waals surface area contributed by atoms with Gasteiger partial charge >= 0.3 is 0 Å². The largest absolute Gasteiger partial charge is 0.356 e. The lowest BCUT2D eigenvalue weighted by atomic mass is 9.98. The Kier molecular flexibility index (Phi) is 3.53. The fraction of sp³-hybridized carbons (Fsp3) is 0.889. The molecule has 0 aromatic rings. The first-order valence-electron chi connectivity index (χ1n) is 4.70. The highest BCUT2D eigenvalue weighted by atomic mass is 16.1.